The van der Waals surface area contributed by atoms with Gasteiger partial charge in [-0.1, -0.05) is 0 Å². The number of amides is 1. The van der Waals surface area contributed by atoms with Gasteiger partial charge in [0.1, 0.15) is 5.69 Å². The van der Waals surface area contributed by atoms with Gasteiger partial charge in [0.25, 0.3) is 5.91 Å². The van der Waals surface area contributed by atoms with Crippen molar-refractivity contribution < 1.29 is 14.7 Å². The van der Waals surface area contributed by atoms with Gasteiger partial charge >= 0.3 is 5.97 Å². The van der Waals surface area contributed by atoms with Crippen molar-refractivity contribution in [1.82, 2.24) is 20.6 Å². The van der Waals surface area contributed by atoms with Gasteiger partial charge < -0.3 is 10.4 Å². The highest BCUT2D eigenvalue weighted by atomic mass is 16.4. The zero-order chi connectivity index (χ0) is 13.0. The lowest BCUT2D eigenvalue weighted by molar-refractivity contribution is 0.0683. The molecule has 0 spiro atoms. The lowest BCUT2D eigenvalue weighted by Gasteiger charge is -2.24. The fourth-order valence-electron chi connectivity index (χ4n) is 1.80. The van der Waals surface area contributed by atoms with Crippen LogP contribution in [0.3, 0.4) is 0 Å². The normalized spacial score (nSPS) is 19.2. The minimum atomic E-state index is -1.25. The van der Waals surface area contributed by atoms with Crippen LogP contribution in [0.1, 0.15) is 40.4 Å². The number of aromatic carboxylic acids is 1. The van der Waals surface area contributed by atoms with Crippen molar-refractivity contribution in [2.45, 2.75) is 25.4 Å². The standard InChI is InChI=1S/C11H14N4O3/c16-10(15-8-3-1-2-5-12-8)7-4-6-13-9(14-7)11(17)18/h4,6,8,12H,1-3,5H2,(H,15,16)(H,17,18). The Hall–Kier alpha value is -2.02. The van der Waals surface area contributed by atoms with Gasteiger partial charge in [0.2, 0.25) is 5.82 Å². The van der Waals surface area contributed by atoms with E-state index in [0.717, 1.165) is 25.8 Å². The van der Waals surface area contributed by atoms with Crippen molar-refractivity contribution >= 4 is 11.9 Å². The highest BCUT2D eigenvalue weighted by molar-refractivity contribution is 5.93. The summed E-state index contributed by atoms with van der Waals surface area (Å²) < 4.78 is 0. The predicted octanol–water partition coefficient (Wildman–Crippen LogP) is 0.00420. The molecular weight excluding hydrogens is 236 g/mol. The summed E-state index contributed by atoms with van der Waals surface area (Å²) in [6, 6.07) is 1.39. The number of hydrogen-bond donors (Lipinski definition) is 3. The van der Waals surface area contributed by atoms with Crippen LogP contribution < -0.4 is 10.6 Å². The lowest BCUT2D eigenvalue weighted by Crippen LogP contribution is -2.48. The summed E-state index contributed by atoms with van der Waals surface area (Å²) in [7, 11) is 0. The smallest absolute Gasteiger partial charge is 0.373 e. The van der Waals surface area contributed by atoms with Crippen LogP contribution in [0.2, 0.25) is 0 Å². The zero-order valence-electron chi connectivity index (χ0n) is 9.72. The van der Waals surface area contributed by atoms with Gasteiger partial charge in [0.05, 0.1) is 6.17 Å². The molecular formula is C11H14N4O3. The van der Waals surface area contributed by atoms with Crippen molar-refractivity contribution in [1.29, 1.82) is 0 Å². The van der Waals surface area contributed by atoms with E-state index in [1.54, 1.807) is 0 Å². The third-order valence-corrected chi connectivity index (χ3v) is 2.70. The van der Waals surface area contributed by atoms with E-state index in [0.29, 0.717) is 0 Å². The van der Waals surface area contributed by atoms with Crippen LogP contribution in [-0.4, -0.2) is 39.7 Å². The number of nitrogens with one attached hydrogen (secondary N) is 2. The van der Waals surface area contributed by atoms with Crippen LogP contribution in [0.4, 0.5) is 0 Å². The Balaban J connectivity index is 2.03. The van der Waals surface area contributed by atoms with E-state index in [4.69, 9.17) is 5.11 Å². The predicted molar refractivity (Wildman–Crippen MR) is 62.1 cm³/mol. The molecule has 0 bridgehead atoms. The van der Waals surface area contributed by atoms with Crippen LogP contribution >= 0.6 is 0 Å². The molecule has 7 nitrogen and oxygen atoms in total. The average molecular weight is 250 g/mol. The quantitative estimate of drug-likeness (QED) is 0.697. The summed E-state index contributed by atoms with van der Waals surface area (Å²) in [5.41, 5.74) is 0.0646. The van der Waals surface area contributed by atoms with Gasteiger partial charge in [-0.25, -0.2) is 14.8 Å². The first-order valence-corrected chi connectivity index (χ1v) is 5.77. The van der Waals surface area contributed by atoms with E-state index in [1.165, 1.54) is 12.3 Å². The van der Waals surface area contributed by atoms with Crippen LogP contribution in [0, 0.1) is 0 Å². The number of carboxylic acid groups (broad SMARTS) is 1. The van der Waals surface area contributed by atoms with E-state index < -0.39 is 5.97 Å². The first-order valence-electron chi connectivity index (χ1n) is 5.77. The molecule has 1 atom stereocenters. The molecule has 3 N–H and O–H groups in total. The van der Waals surface area contributed by atoms with Crippen LogP contribution in [0.5, 0.6) is 0 Å². The zero-order valence-corrected chi connectivity index (χ0v) is 9.72. The molecule has 1 fully saturated rings. The Kier molecular flexibility index (Phi) is 3.83. The van der Waals surface area contributed by atoms with Gasteiger partial charge in [0.15, 0.2) is 0 Å². The molecule has 1 aliphatic rings. The second kappa shape index (κ2) is 5.54. The Morgan fingerprint density at radius 2 is 2.28 bits per heavy atom. The maximum Gasteiger partial charge on any atom is 0.373 e. The average Bonchev–Trinajstić information content (AvgIpc) is 2.40. The molecule has 0 radical (unpaired) electrons. The highest BCUT2D eigenvalue weighted by Gasteiger charge is 2.18. The minimum Gasteiger partial charge on any atom is -0.475 e. The molecule has 96 valence electrons. The van der Waals surface area contributed by atoms with Crippen LogP contribution in [0.25, 0.3) is 0 Å². The number of nitrogens with zero attached hydrogens (tertiary/aromatic N) is 2. The fraction of sp³-hybridized carbons (Fsp3) is 0.455. The van der Waals surface area contributed by atoms with Crippen molar-refractivity contribution in [3.05, 3.63) is 23.8 Å². The number of aromatic nitrogens is 2. The summed E-state index contributed by atoms with van der Waals surface area (Å²) in [6.07, 6.45) is 4.21. The van der Waals surface area contributed by atoms with Gasteiger partial charge in [-0.2, -0.15) is 0 Å². The lowest BCUT2D eigenvalue weighted by atomic mass is 10.1. The van der Waals surface area contributed by atoms with E-state index in [-0.39, 0.29) is 23.6 Å². The van der Waals surface area contributed by atoms with Gasteiger partial charge in [-0.05, 0) is 31.9 Å². The molecule has 1 unspecified atom stereocenters. The second-order valence-corrected chi connectivity index (χ2v) is 4.05. The molecule has 0 saturated carbocycles. The van der Waals surface area contributed by atoms with Crippen molar-refractivity contribution in [2.24, 2.45) is 0 Å². The third-order valence-electron chi connectivity index (χ3n) is 2.70. The molecule has 1 amide bonds. The topological polar surface area (TPSA) is 104 Å². The SMILES string of the molecule is O=C(NC1CCCCN1)c1ccnc(C(=O)O)n1. The minimum absolute atomic E-state index is 0.0646. The first kappa shape index (κ1) is 12.4. The maximum atomic E-state index is 11.9. The van der Waals surface area contributed by atoms with E-state index in [2.05, 4.69) is 20.6 Å². The van der Waals surface area contributed by atoms with Crippen molar-refractivity contribution in [3.8, 4) is 0 Å². The molecule has 0 aliphatic carbocycles. The van der Waals surface area contributed by atoms with Gasteiger partial charge in [-0.3, -0.25) is 10.1 Å². The molecule has 18 heavy (non-hydrogen) atoms. The van der Waals surface area contributed by atoms with E-state index in [9.17, 15) is 9.59 Å². The summed E-state index contributed by atoms with van der Waals surface area (Å²) >= 11 is 0. The van der Waals surface area contributed by atoms with Crippen LogP contribution in [-0.2, 0) is 0 Å². The Labute approximate surface area is 104 Å². The van der Waals surface area contributed by atoms with E-state index >= 15 is 0 Å². The molecule has 7 heteroatoms. The first-order chi connectivity index (χ1) is 8.66. The number of hydrogen-bond acceptors (Lipinski definition) is 5. The molecule has 1 saturated heterocycles. The summed E-state index contributed by atoms with van der Waals surface area (Å²) in [4.78, 5) is 29.8. The Morgan fingerprint density at radius 3 is 2.94 bits per heavy atom. The summed E-state index contributed by atoms with van der Waals surface area (Å²) in [5.74, 6) is -2.01. The van der Waals surface area contributed by atoms with Crippen molar-refractivity contribution in [3.63, 3.8) is 0 Å². The Morgan fingerprint density at radius 1 is 1.44 bits per heavy atom. The molecule has 2 heterocycles. The Bertz CT molecular complexity index is 457. The molecule has 0 aromatic carbocycles. The van der Waals surface area contributed by atoms with Gasteiger partial charge in [0, 0.05) is 6.20 Å². The maximum absolute atomic E-state index is 11.9. The van der Waals surface area contributed by atoms with Crippen LogP contribution in [0.15, 0.2) is 12.3 Å². The fourth-order valence-corrected chi connectivity index (χ4v) is 1.80. The van der Waals surface area contributed by atoms with Gasteiger partial charge in [-0.15, -0.1) is 0 Å². The molecule has 1 aromatic rings. The third kappa shape index (κ3) is 3.01. The van der Waals surface area contributed by atoms with E-state index in [1.807, 2.05) is 0 Å². The number of piperidine rings is 1. The largest absolute Gasteiger partial charge is 0.475 e. The number of carboxylic acids is 1. The number of rotatable bonds is 3. The summed E-state index contributed by atoms with van der Waals surface area (Å²) in [5, 5.41) is 14.7. The number of carbonyl (C=O) groups is 2. The molecule has 2 rings (SSSR count). The number of carbonyl (C=O) groups excluding carboxylic acids is 1. The van der Waals surface area contributed by atoms with Crippen molar-refractivity contribution in [2.75, 3.05) is 6.54 Å². The second-order valence-electron chi connectivity index (χ2n) is 4.05. The summed E-state index contributed by atoms with van der Waals surface area (Å²) in [6.45, 7) is 0.870. The molecule has 1 aromatic heterocycles. The monoisotopic (exact) mass is 250 g/mol. The highest BCUT2D eigenvalue weighted by Crippen LogP contribution is 2.05. The molecule has 1 aliphatic heterocycles.